The van der Waals surface area contributed by atoms with E-state index in [9.17, 15) is 0 Å². The van der Waals surface area contributed by atoms with E-state index < -0.39 is 0 Å². The quantitative estimate of drug-likeness (QED) is 0.285. The van der Waals surface area contributed by atoms with Crippen molar-refractivity contribution in [1.82, 2.24) is 0 Å². The Morgan fingerprint density at radius 1 is 1.50 bits per heavy atom. The normalized spacial score (nSPS) is 9.17. The van der Waals surface area contributed by atoms with E-state index in [2.05, 4.69) is 45.2 Å². The van der Waals surface area contributed by atoms with Crippen LogP contribution >= 0.6 is 35.2 Å². The van der Waals surface area contributed by atoms with Gasteiger partial charge in [0.2, 0.25) is 0 Å². The minimum atomic E-state index is 0.390. The summed E-state index contributed by atoms with van der Waals surface area (Å²) in [6.07, 6.45) is 0. The molecule has 5 heteroatoms. The highest BCUT2D eigenvalue weighted by molar-refractivity contribution is 14.1. The fraction of sp³-hybridized carbons (Fsp3) is 0.143. The zero-order valence-corrected chi connectivity index (χ0v) is 9.16. The van der Waals surface area contributed by atoms with E-state index in [0.29, 0.717) is 6.54 Å². The standard InChI is InChI=1S/C7H6IN3S/c8-6-1-5(4-10-11-9)2-7(12)3-6/h1-3,12H,4H2. The van der Waals surface area contributed by atoms with Gasteiger partial charge >= 0.3 is 0 Å². The van der Waals surface area contributed by atoms with Crippen LogP contribution in [0.3, 0.4) is 0 Å². The molecule has 62 valence electrons. The van der Waals surface area contributed by atoms with Gasteiger partial charge < -0.3 is 0 Å². The summed E-state index contributed by atoms with van der Waals surface area (Å²) in [6, 6.07) is 5.80. The van der Waals surface area contributed by atoms with Crippen LogP contribution < -0.4 is 0 Å². The summed E-state index contributed by atoms with van der Waals surface area (Å²) in [5, 5.41) is 3.47. The van der Waals surface area contributed by atoms with E-state index in [-0.39, 0.29) is 0 Å². The van der Waals surface area contributed by atoms with Crippen molar-refractivity contribution < 1.29 is 0 Å². The maximum absolute atomic E-state index is 8.10. The number of rotatable bonds is 2. The van der Waals surface area contributed by atoms with E-state index in [1.807, 2.05) is 18.2 Å². The van der Waals surface area contributed by atoms with E-state index in [4.69, 9.17) is 5.53 Å². The Kier molecular flexibility index (Phi) is 3.71. The number of azide groups is 1. The van der Waals surface area contributed by atoms with Crippen molar-refractivity contribution in [2.75, 3.05) is 0 Å². The summed E-state index contributed by atoms with van der Waals surface area (Å²) in [7, 11) is 0. The number of hydrogen-bond donors (Lipinski definition) is 1. The highest BCUT2D eigenvalue weighted by atomic mass is 127. The van der Waals surface area contributed by atoms with Crippen LogP contribution in [0.2, 0.25) is 0 Å². The van der Waals surface area contributed by atoms with Gasteiger partial charge in [-0.25, -0.2) is 0 Å². The molecule has 0 spiro atoms. The third-order valence-corrected chi connectivity index (χ3v) is 2.14. The van der Waals surface area contributed by atoms with Crippen LogP contribution in [0.4, 0.5) is 0 Å². The molecule has 0 amide bonds. The van der Waals surface area contributed by atoms with Crippen LogP contribution in [-0.2, 0) is 6.54 Å². The molecule has 1 rings (SSSR count). The molecule has 3 nitrogen and oxygen atoms in total. The first kappa shape index (κ1) is 9.70. The molecule has 0 heterocycles. The van der Waals surface area contributed by atoms with Gasteiger partial charge in [0.1, 0.15) is 0 Å². The first-order valence-electron chi connectivity index (χ1n) is 3.21. The molecule has 0 aliphatic carbocycles. The van der Waals surface area contributed by atoms with Gasteiger partial charge in [0.25, 0.3) is 0 Å². The fourth-order valence-corrected chi connectivity index (χ4v) is 2.12. The summed E-state index contributed by atoms with van der Waals surface area (Å²) in [4.78, 5) is 3.58. The van der Waals surface area contributed by atoms with E-state index >= 15 is 0 Å². The van der Waals surface area contributed by atoms with Crippen LogP contribution in [0, 0.1) is 3.57 Å². The van der Waals surface area contributed by atoms with E-state index in [0.717, 1.165) is 14.0 Å². The molecular formula is C7H6IN3S. The SMILES string of the molecule is [N-]=[N+]=NCc1cc(S)cc(I)c1. The van der Waals surface area contributed by atoms with Gasteiger partial charge in [-0.2, -0.15) is 0 Å². The van der Waals surface area contributed by atoms with Crippen LogP contribution in [0.15, 0.2) is 28.2 Å². The molecule has 0 fully saturated rings. The number of thiol groups is 1. The van der Waals surface area contributed by atoms with E-state index in [1.165, 1.54) is 0 Å². The zero-order valence-electron chi connectivity index (χ0n) is 6.11. The largest absolute Gasteiger partial charge is 0.143 e. The highest BCUT2D eigenvalue weighted by Crippen LogP contribution is 2.15. The van der Waals surface area contributed by atoms with Crippen molar-refractivity contribution in [3.05, 3.63) is 37.8 Å². The molecule has 0 radical (unpaired) electrons. The Morgan fingerprint density at radius 2 is 2.25 bits per heavy atom. The minimum Gasteiger partial charge on any atom is -0.143 e. The number of hydrogen-bond acceptors (Lipinski definition) is 2. The zero-order chi connectivity index (χ0) is 8.97. The third kappa shape index (κ3) is 2.92. The summed E-state index contributed by atoms with van der Waals surface area (Å²) in [6.45, 7) is 0.390. The van der Waals surface area contributed by atoms with Gasteiger partial charge in [0, 0.05) is 13.4 Å². The van der Waals surface area contributed by atoms with Crippen molar-refractivity contribution in [1.29, 1.82) is 0 Å². The van der Waals surface area contributed by atoms with Crippen LogP contribution in [0.1, 0.15) is 5.56 Å². The summed E-state index contributed by atoms with van der Waals surface area (Å²) in [5.41, 5.74) is 9.09. The average molecular weight is 291 g/mol. The molecule has 0 aromatic heterocycles. The molecule has 0 saturated heterocycles. The number of benzene rings is 1. The second-order valence-corrected chi connectivity index (χ2v) is 3.97. The highest BCUT2D eigenvalue weighted by Gasteiger charge is 1.94. The molecule has 0 unspecified atom stereocenters. The van der Waals surface area contributed by atoms with Crippen molar-refractivity contribution in [3.8, 4) is 0 Å². The minimum absolute atomic E-state index is 0.390. The molecule has 0 bridgehead atoms. The lowest BCUT2D eigenvalue weighted by Crippen LogP contribution is -1.82. The second kappa shape index (κ2) is 4.59. The molecule has 0 saturated carbocycles. The summed E-state index contributed by atoms with van der Waals surface area (Å²) < 4.78 is 1.10. The Balaban J connectivity index is 2.92. The van der Waals surface area contributed by atoms with Crippen LogP contribution in [0.5, 0.6) is 0 Å². The molecule has 1 aromatic carbocycles. The Labute approximate surface area is 89.3 Å². The van der Waals surface area contributed by atoms with Gasteiger partial charge in [0.15, 0.2) is 0 Å². The predicted molar refractivity (Wildman–Crippen MR) is 59.3 cm³/mol. The fourth-order valence-electron chi connectivity index (χ4n) is 0.838. The molecule has 0 atom stereocenters. The molecule has 0 aliphatic heterocycles. The molecule has 0 N–H and O–H groups in total. The van der Waals surface area contributed by atoms with Crippen molar-refractivity contribution >= 4 is 35.2 Å². The maximum Gasteiger partial charge on any atom is 0.0511 e. The van der Waals surface area contributed by atoms with Gasteiger partial charge in [0.05, 0.1) is 6.54 Å². The third-order valence-electron chi connectivity index (χ3n) is 1.26. The van der Waals surface area contributed by atoms with Gasteiger partial charge in [-0.3, -0.25) is 0 Å². The molecule has 12 heavy (non-hydrogen) atoms. The van der Waals surface area contributed by atoms with E-state index in [1.54, 1.807) is 0 Å². The van der Waals surface area contributed by atoms with Crippen molar-refractivity contribution in [2.24, 2.45) is 5.11 Å². The predicted octanol–water partition coefficient (Wildman–Crippen LogP) is 3.39. The van der Waals surface area contributed by atoms with Crippen LogP contribution in [-0.4, -0.2) is 0 Å². The van der Waals surface area contributed by atoms with Crippen molar-refractivity contribution in [3.63, 3.8) is 0 Å². The van der Waals surface area contributed by atoms with Gasteiger partial charge in [-0.15, -0.1) is 12.6 Å². The second-order valence-electron chi connectivity index (χ2n) is 2.21. The first-order chi connectivity index (χ1) is 5.72. The van der Waals surface area contributed by atoms with Gasteiger partial charge in [-0.1, -0.05) is 5.11 Å². The lowest BCUT2D eigenvalue weighted by Gasteiger charge is -1.98. The Hall–Kier alpha value is -0.390. The Morgan fingerprint density at radius 3 is 2.83 bits per heavy atom. The average Bonchev–Trinajstić information content (AvgIpc) is 1.99. The maximum atomic E-state index is 8.10. The van der Waals surface area contributed by atoms with Crippen molar-refractivity contribution in [2.45, 2.75) is 11.4 Å². The molecule has 0 aliphatic rings. The number of halogens is 1. The Bertz CT molecular complexity index is 313. The lowest BCUT2D eigenvalue weighted by molar-refractivity contribution is 1.04. The smallest absolute Gasteiger partial charge is 0.0511 e. The first-order valence-corrected chi connectivity index (χ1v) is 4.74. The summed E-state index contributed by atoms with van der Waals surface area (Å²) in [5.74, 6) is 0. The van der Waals surface area contributed by atoms with Crippen LogP contribution in [0.25, 0.3) is 10.4 Å². The lowest BCUT2D eigenvalue weighted by atomic mass is 10.2. The summed E-state index contributed by atoms with van der Waals surface area (Å²) >= 11 is 6.41. The topological polar surface area (TPSA) is 48.8 Å². The monoisotopic (exact) mass is 291 g/mol. The molecule has 1 aromatic rings. The van der Waals surface area contributed by atoms with Gasteiger partial charge in [-0.05, 0) is 51.9 Å². The molecular weight excluding hydrogens is 285 g/mol. The number of nitrogens with zero attached hydrogens (tertiary/aromatic N) is 3.